The van der Waals surface area contributed by atoms with Gasteiger partial charge in [0, 0.05) is 12.8 Å². The monoisotopic (exact) mass is 1100 g/mol. The maximum Gasteiger partial charge on any atom is 0.306 e. The number of phosphoric ester groups is 1. The number of carbonyl (C=O) groups excluding carboxylic acids is 2. The highest BCUT2D eigenvalue weighted by Gasteiger charge is 2.27. The zero-order valence-corrected chi connectivity index (χ0v) is 52.6. The van der Waals surface area contributed by atoms with E-state index < -0.39 is 20.0 Å². The van der Waals surface area contributed by atoms with Crippen LogP contribution in [0.2, 0.25) is 0 Å². The Hall–Kier alpha value is -2.03. The van der Waals surface area contributed by atoms with Crippen LogP contribution in [-0.4, -0.2) is 69.4 Å². The lowest BCUT2D eigenvalue weighted by Crippen LogP contribution is -2.47. The average Bonchev–Trinajstić information content (AvgIpc) is 3.39. The van der Waals surface area contributed by atoms with Crippen LogP contribution in [0.3, 0.4) is 0 Å². The number of ether oxygens (including phenoxy) is 1. The predicted octanol–water partition coefficient (Wildman–Crippen LogP) is 19.8. The van der Waals surface area contributed by atoms with Crippen LogP contribution in [0.1, 0.15) is 316 Å². The summed E-state index contributed by atoms with van der Waals surface area (Å²) in [7, 11) is 1.19. The van der Waals surface area contributed by atoms with Crippen LogP contribution in [-0.2, 0) is 27.9 Å². The molecule has 0 spiro atoms. The maximum absolute atomic E-state index is 13.6. The van der Waals surface area contributed by atoms with Gasteiger partial charge in [-0.25, -0.2) is 0 Å². The van der Waals surface area contributed by atoms with E-state index in [-0.39, 0.29) is 31.5 Å². The van der Waals surface area contributed by atoms with Crippen molar-refractivity contribution in [1.29, 1.82) is 0 Å². The zero-order valence-electron chi connectivity index (χ0n) is 51.7. The highest BCUT2D eigenvalue weighted by atomic mass is 31.2. The SMILES string of the molecule is CCCCC/C=C\C/C=C\CCCCCCCCCC(=O)OC(/C=C\CCCCCCCCCCCCC)C(COP(=O)([O-])OCC[N+](C)(C)C)NC(=O)CCCCCCCCCCCCC/C=C/CCCCCCCC. The van der Waals surface area contributed by atoms with E-state index in [2.05, 4.69) is 62.5 Å². The molecular weight excluding hydrogens is 976 g/mol. The Morgan fingerprint density at radius 2 is 0.792 bits per heavy atom. The molecule has 452 valence electrons. The zero-order chi connectivity index (χ0) is 56.4. The average molecular weight is 1100 g/mol. The van der Waals surface area contributed by atoms with E-state index in [9.17, 15) is 19.0 Å². The molecule has 0 aromatic heterocycles. The largest absolute Gasteiger partial charge is 0.756 e. The topological polar surface area (TPSA) is 114 Å². The smallest absolute Gasteiger partial charge is 0.306 e. The molecule has 0 saturated heterocycles. The van der Waals surface area contributed by atoms with Crippen LogP contribution in [0.4, 0.5) is 0 Å². The number of nitrogens with one attached hydrogen (secondary N) is 1. The third kappa shape index (κ3) is 58.4. The summed E-state index contributed by atoms with van der Waals surface area (Å²) < 4.78 is 30.4. The summed E-state index contributed by atoms with van der Waals surface area (Å²) in [5.74, 6) is -0.540. The number of esters is 1. The molecule has 0 aromatic carbocycles. The van der Waals surface area contributed by atoms with Gasteiger partial charge in [-0.15, -0.1) is 0 Å². The number of likely N-dealkylation sites (N-methyl/N-ethyl adjacent to an activating group) is 1. The summed E-state index contributed by atoms with van der Waals surface area (Å²) in [6, 6.07) is -0.891. The van der Waals surface area contributed by atoms with E-state index in [0.717, 1.165) is 77.0 Å². The Morgan fingerprint density at radius 1 is 0.455 bits per heavy atom. The minimum Gasteiger partial charge on any atom is -0.756 e. The Morgan fingerprint density at radius 3 is 1.21 bits per heavy atom. The van der Waals surface area contributed by atoms with Crippen LogP contribution in [0.5, 0.6) is 0 Å². The molecule has 9 nitrogen and oxygen atoms in total. The third-order valence-corrected chi connectivity index (χ3v) is 15.7. The number of rotatable bonds is 60. The number of allylic oxidation sites excluding steroid dienone is 7. The number of amides is 1. The van der Waals surface area contributed by atoms with Crippen molar-refractivity contribution >= 4 is 19.7 Å². The molecule has 0 aliphatic rings. The molecule has 10 heteroatoms. The fraction of sp³-hybridized carbons (Fsp3) is 0.851. The summed E-state index contributed by atoms with van der Waals surface area (Å²) in [4.78, 5) is 40.1. The molecule has 3 unspecified atom stereocenters. The molecule has 0 saturated carbocycles. The van der Waals surface area contributed by atoms with Gasteiger partial charge in [-0.05, 0) is 89.5 Å². The molecule has 1 N–H and O–H groups in total. The van der Waals surface area contributed by atoms with E-state index in [1.165, 1.54) is 205 Å². The van der Waals surface area contributed by atoms with Gasteiger partial charge in [-0.2, -0.15) is 0 Å². The molecule has 3 atom stereocenters. The highest BCUT2D eigenvalue weighted by Crippen LogP contribution is 2.38. The molecule has 1 amide bonds. The number of phosphoric acid groups is 1. The van der Waals surface area contributed by atoms with Crippen LogP contribution >= 0.6 is 7.82 Å². The first-order valence-corrected chi connectivity index (χ1v) is 34.4. The van der Waals surface area contributed by atoms with Crippen molar-refractivity contribution in [3.8, 4) is 0 Å². The first-order chi connectivity index (χ1) is 37.4. The minimum absolute atomic E-state index is 0.0230. The second-order valence-corrected chi connectivity index (χ2v) is 25.0. The maximum atomic E-state index is 13.6. The number of hydrogen-bond acceptors (Lipinski definition) is 7. The molecule has 0 aliphatic heterocycles. The van der Waals surface area contributed by atoms with E-state index in [1.54, 1.807) is 0 Å². The molecule has 0 aliphatic carbocycles. The van der Waals surface area contributed by atoms with Gasteiger partial charge >= 0.3 is 5.97 Å². The lowest BCUT2D eigenvalue weighted by molar-refractivity contribution is -0.870. The van der Waals surface area contributed by atoms with E-state index in [1.807, 2.05) is 33.3 Å². The van der Waals surface area contributed by atoms with Crippen molar-refractivity contribution < 1.29 is 37.3 Å². The lowest BCUT2D eigenvalue weighted by Gasteiger charge is -2.30. The predicted molar refractivity (Wildman–Crippen MR) is 330 cm³/mol. The fourth-order valence-electron chi connectivity index (χ4n) is 9.61. The summed E-state index contributed by atoms with van der Waals surface area (Å²) in [6.07, 6.45) is 70.7. The third-order valence-electron chi connectivity index (χ3n) is 14.7. The molecule has 0 bridgehead atoms. The summed E-state index contributed by atoms with van der Waals surface area (Å²) >= 11 is 0. The van der Waals surface area contributed by atoms with Crippen molar-refractivity contribution in [2.24, 2.45) is 0 Å². The van der Waals surface area contributed by atoms with E-state index in [4.69, 9.17) is 13.8 Å². The summed E-state index contributed by atoms with van der Waals surface area (Å²) in [5.41, 5.74) is 0. The molecule has 0 fully saturated rings. The summed E-state index contributed by atoms with van der Waals surface area (Å²) in [6.45, 7) is 6.84. The Balaban J connectivity index is 5.21. The van der Waals surface area contributed by atoms with Crippen LogP contribution in [0, 0.1) is 0 Å². The van der Waals surface area contributed by atoms with Gasteiger partial charge in [0.05, 0.1) is 33.8 Å². The molecule has 77 heavy (non-hydrogen) atoms. The standard InChI is InChI=1S/C67H127N2O7P/c1-7-10-13-16-19-22-25-28-30-32-33-34-35-37-38-41-44-47-50-53-56-59-66(70)68-64(63-75-77(72,73)74-62-61-69(4,5)6)65(58-55-52-49-46-43-40-27-24-21-18-15-12-9-3)76-67(71)60-57-54-51-48-45-42-39-36-31-29-26-23-20-17-14-11-8-2/h20,23,28-31,55,58,64-65H,7-19,21-22,24-27,32-54,56-57,59-63H2,1-6H3,(H-,68,70,72,73)/b23-20-,30-28+,31-29-,58-55-. The number of quaternary nitrogens is 1. The number of carbonyl (C=O) groups is 2. The minimum atomic E-state index is -4.70. The number of unbranched alkanes of at least 4 members (excludes halogenated alkanes) is 38. The molecule has 0 radical (unpaired) electrons. The number of nitrogens with zero attached hydrogens (tertiary/aromatic N) is 1. The normalized spacial score (nSPS) is 13.9. The molecule has 0 rings (SSSR count). The molecule has 0 aromatic rings. The van der Waals surface area contributed by atoms with Crippen molar-refractivity contribution in [3.05, 3.63) is 48.6 Å². The van der Waals surface area contributed by atoms with Crippen molar-refractivity contribution in [2.75, 3.05) is 40.9 Å². The van der Waals surface area contributed by atoms with Gasteiger partial charge in [0.15, 0.2) is 0 Å². The van der Waals surface area contributed by atoms with Crippen molar-refractivity contribution in [1.82, 2.24) is 5.32 Å². The molecular formula is C67H127N2O7P. The van der Waals surface area contributed by atoms with Crippen LogP contribution in [0.15, 0.2) is 48.6 Å². The van der Waals surface area contributed by atoms with Gasteiger partial charge in [0.2, 0.25) is 5.91 Å². The Kier molecular flexibility index (Phi) is 55.7. The first kappa shape index (κ1) is 75.0. The van der Waals surface area contributed by atoms with Gasteiger partial charge in [-0.1, -0.05) is 262 Å². The quantitative estimate of drug-likeness (QED) is 0.0212. The van der Waals surface area contributed by atoms with Gasteiger partial charge in [0.1, 0.15) is 19.3 Å². The Labute approximate surface area is 478 Å². The van der Waals surface area contributed by atoms with Gasteiger partial charge in [-0.3, -0.25) is 14.2 Å². The van der Waals surface area contributed by atoms with Crippen molar-refractivity contribution in [2.45, 2.75) is 328 Å². The van der Waals surface area contributed by atoms with Gasteiger partial charge in [0.25, 0.3) is 7.82 Å². The van der Waals surface area contributed by atoms with Crippen molar-refractivity contribution in [3.63, 3.8) is 0 Å². The lowest BCUT2D eigenvalue weighted by atomic mass is 10.0. The van der Waals surface area contributed by atoms with Gasteiger partial charge < -0.3 is 28.5 Å². The number of hydrogen-bond donors (Lipinski definition) is 1. The first-order valence-electron chi connectivity index (χ1n) is 32.9. The highest BCUT2D eigenvalue weighted by molar-refractivity contribution is 7.45. The summed E-state index contributed by atoms with van der Waals surface area (Å²) in [5, 5.41) is 3.04. The van der Waals surface area contributed by atoms with E-state index in [0.29, 0.717) is 17.4 Å². The van der Waals surface area contributed by atoms with E-state index >= 15 is 0 Å². The Bertz CT molecular complexity index is 1460. The molecule has 0 heterocycles. The second-order valence-electron chi connectivity index (χ2n) is 23.6. The second kappa shape index (κ2) is 57.2. The fourth-order valence-corrected chi connectivity index (χ4v) is 10.3. The van der Waals surface area contributed by atoms with Crippen LogP contribution in [0.25, 0.3) is 0 Å². The van der Waals surface area contributed by atoms with Crippen LogP contribution < -0.4 is 10.2 Å².